The Bertz CT molecular complexity index is 857. The molecule has 9 heteroatoms. The van der Waals surface area contributed by atoms with Crippen molar-refractivity contribution in [2.75, 3.05) is 37.6 Å². The molecular weight excluding hydrogens is 397 g/mol. The molecule has 30 heavy (non-hydrogen) atoms. The average Bonchev–Trinajstić information content (AvgIpc) is 2.99. The van der Waals surface area contributed by atoms with E-state index in [0.717, 1.165) is 17.8 Å². The van der Waals surface area contributed by atoms with E-state index in [4.69, 9.17) is 0 Å². The number of hydrogen-bond acceptors (Lipinski definition) is 4. The van der Waals surface area contributed by atoms with Gasteiger partial charge in [-0.1, -0.05) is 30.3 Å². The molecule has 0 aliphatic carbocycles. The first-order valence-corrected chi connectivity index (χ1v) is 9.69. The fraction of sp³-hybridized carbons (Fsp3) is 0.381. The Labute approximate surface area is 172 Å². The molecule has 2 amide bonds. The molecule has 1 saturated heterocycles. The van der Waals surface area contributed by atoms with Crippen molar-refractivity contribution in [2.24, 2.45) is 0 Å². The maximum absolute atomic E-state index is 12.7. The van der Waals surface area contributed by atoms with Crippen LogP contribution >= 0.6 is 0 Å². The summed E-state index contributed by atoms with van der Waals surface area (Å²) in [5, 5.41) is 2.65. The number of rotatable bonds is 5. The topological polar surface area (TPSA) is 65.5 Å². The molecule has 0 unspecified atom stereocenters. The highest BCUT2D eigenvalue weighted by atomic mass is 19.4. The van der Waals surface area contributed by atoms with E-state index in [1.165, 1.54) is 6.07 Å². The SMILES string of the molecule is O=C(Cc1ccccc1)NCC(=O)N1CCCN(c2ccc(C(F)(F)F)cn2)CC1. The minimum Gasteiger partial charge on any atom is -0.355 e. The van der Waals surface area contributed by atoms with Gasteiger partial charge in [-0.15, -0.1) is 0 Å². The lowest BCUT2D eigenvalue weighted by molar-refractivity contribution is -0.137. The highest BCUT2D eigenvalue weighted by molar-refractivity contribution is 5.85. The van der Waals surface area contributed by atoms with E-state index < -0.39 is 11.7 Å². The van der Waals surface area contributed by atoms with E-state index in [2.05, 4.69) is 10.3 Å². The molecule has 0 saturated carbocycles. The largest absolute Gasteiger partial charge is 0.417 e. The summed E-state index contributed by atoms with van der Waals surface area (Å²) in [4.78, 5) is 31.9. The van der Waals surface area contributed by atoms with Crippen LogP contribution in [-0.2, 0) is 22.2 Å². The minimum atomic E-state index is -4.42. The summed E-state index contributed by atoms with van der Waals surface area (Å²) in [6.45, 7) is 1.90. The number of nitrogens with one attached hydrogen (secondary N) is 1. The van der Waals surface area contributed by atoms with E-state index in [0.29, 0.717) is 38.4 Å². The summed E-state index contributed by atoms with van der Waals surface area (Å²) in [7, 11) is 0. The second kappa shape index (κ2) is 9.60. The molecule has 6 nitrogen and oxygen atoms in total. The van der Waals surface area contributed by atoms with Gasteiger partial charge in [-0.05, 0) is 24.1 Å². The number of pyridine rings is 1. The molecule has 160 valence electrons. The Hall–Kier alpha value is -3.10. The third-order valence-corrected chi connectivity index (χ3v) is 4.89. The van der Waals surface area contributed by atoms with Gasteiger partial charge in [-0.2, -0.15) is 13.2 Å². The van der Waals surface area contributed by atoms with Gasteiger partial charge in [-0.25, -0.2) is 4.98 Å². The summed E-state index contributed by atoms with van der Waals surface area (Å²) in [5.41, 5.74) is 0.0843. The molecule has 0 spiro atoms. The highest BCUT2D eigenvalue weighted by Gasteiger charge is 2.31. The molecule has 1 aliphatic rings. The normalized spacial score (nSPS) is 14.9. The lowest BCUT2D eigenvalue weighted by atomic mass is 10.1. The minimum absolute atomic E-state index is 0.0792. The van der Waals surface area contributed by atoms with E-state index in [9.17, 15) is 22.8 Å². The van der Waals surface area contributed by atoms with Gasteiger partial charge in [-0.3, -0.25) is 9.59 Å². The number of nitrogens with zero attached hydrogens (tertiary/aromatic N) is 3. The summed E-state index contributed by atoms with van der Waals surface area (Å²) in [6.07, 6.45) is -2.72. The van der Waals surface area contributed by atoms with Gasteiger partial charge in [0.25, 0.3) is 0 Å². The molecule has 1 fully saturated rings. The maximum Gasteiger partial charge on any atom is 0.417 e. The summed E-state index contributed by atoms with van der Waals surface area (Å²) >= 11 is 0. The number of benzene rings is 1. The van der Waals surface area contributed by atoms with Gasteiger partial charge in [0, 0.05) is 32.4 Å². The number of alkyl halides is 3. The van der Waals surface area contributed by atoms with Gasteiger partial charge < -0.3 is 15.1 Å². The van der Waals surface area contributed by atoms with Crippen LogP contribution in [0.1, 0.15) is 17.5 Å². The van der Waals surface area contributed by atoms with Gasteiger partial charge in [0.15, 0.2) is 0 Å². The number of hydrogen-bond donors (Lipinski definition) is 1. The molecule has 2 aromatic rings. The first-order valence-electron chi connectivity index (χ1n) is 9.69. The Kier molecular flexibility index (Phi) is 6.91. The molecule has 1 N–H and O–H groups in total. The van der Waals surface area contributed by atoms with Gasteiger partial charge in [0.2, 0.25) is 11.8 Å². The fourth-order valence-electron chi connectivity index (χ4n) is 3.27. The van der Waals surface area contributed by atoms with Crippen molar-refractivity contribution in [3.63, 3.8) is 0 Å². The molecule has 0 bridgehead atoms. The van der Waals surface area contributed by atoms with E-state index in [1.54, 1.807) is 4.90 Å². The van der Waals surface area contributed by atoms with Crippen molar-refractivity contribution in [3.05, 3.63) is 59.8 Å². The number of amides is 2. The summed E-state index contributed by atoms with van der Waals surface area (Å²) < 4.78 is 38.1. The Morgan fingerprint density at radius 1 is 1.00 bits per heavy atom. The van der Waals surface area contributed by atoms with E-state index in [-0.39, 0.29) is 24.8 Å². The fourth-order valence-corrected chi connectivity index (χ4v) is 3.27. The van der Waals surface area contributed by atoms with Crippen molar-refractivity contribution < 1.29 is 22.8 Å². The van der Waals surface area contributed by atoms with Crippen LogP contribution in [0.2, 0.25) is 0 Å². The molecular formula is C21H23F3N4O2. The van der Waals surface area contributed by atoms with Gasteiger partial charge in [0.05, 0.1) is 18.5 Å². The van der Waals surface area contributed by atoms with Crippen molar-refractivity contribution in [1.82, 2.24) is 15.2 Å². The molecule has 3 rings (SSSR count). The molecule has 0 radical (unpaired) electrons. The number of aromatic nitrogens is 1. The number of carbonyl (C=O) groups is 2. The highest BCUT2D eigenvalue weighted by Crippen LogP contribution is 2.29. The molecule has 1 aliphatic heterocycles. The van der Waals surface area contributed by atoms with Crippen LogP contribution in [0.15, 0.2) is 48.7 Å². The molecule has 2 heterocycles. The quantitative estimate of drug-likeness (QED) is 0.807. The van der Waals surface area contributed by atoms with Crippen molar-refractivity contribution in [3.8, 4) is 0 Å². The second-order valence-electron chi connectivity index (χ2n) is 7.06. The van der Waals surface area contributed by atoms with Crippen molar-refractivity contribution >= 4 is 17.6 Å². The van der Waals surface area contributed by atoms with Crippen LogP contribution in [0.25, 0.3) is 0 Å². The van der Waals surface area contributed by atoms with Crippen LogP contribution in [0, 0.1) is 0 Å². The standard InChI is InChI=1S/C21H23F3N4O2/c22-21(23,24)17-7-8-18(25-14-17)27-9-4-10-28(12-11-27)20(30)15-26-19(29)13-16-5-2-1-3-6-16/h1-3,5-8,14H,4,9-13,15H2,(H,26,29). The first-order chi connectivity index (χ1) is 14.3. The van der Waals surface area contributed by atoms with E-state index in [1.807, 2.05) is 35.2 Å². The molecule has 0 atom stereocenters. The Balaban J connectivity index is 1.48. The molecule has 1 aromatic heterocycles. The Morgan fingerprint density at radius 2 is 1.77 bits per heavy atom. The zero-order chi connectivity index (χ0) is 21.6. The van der Waals surface area contributed by atoms with Crippen molar-refractivity contribution in [2.45, 2.75) is 19.0 Å². The van der Waals surface area contributed by atoms with Gasteiger partial charge >= 0.3 is 6.18 Å². The second-order valence-corrected chi connectivity index (χ2v) is 7.06. The van der Waals surface area contributed by atoms with Crippen LogP contribution in [-0.4, -0.2) is 54.4 Å². The lowest BCUT2D eigenvalue weighted by Gasteiger charge is -2.23. The zero-order valence-corrected chi connectivity index (χ0v) is 16.4. The van der Waals surface area contributed by atoms with Gasteiger partial charge in [0.1, 0.15) is 5.82 Å². The smallest absolute Gasteiger partial charge is 0.355 e. The van der Waals surface area contributed by atoms with Crippen LogP contribution in [0.4, 0.5) is 19.0 Å². The third-order valence-electron chi connectivity index (χ3n) is 4.89. The third kappa shape index (κ3) is 5.95. The van der Waals surface area contributed by atoms with E-state index >= 15 is 0 Å². The Morgan fingerprint density at radius 3 is 2.43 bits per heavy atom. The maximum atomic E-state index is 12.7. The monoisotopic (exact) mass is 420 g/mol. The molecule has 1 aromatic carbocycles. The summed E-state index contributed by atoms with van der Waals surface area (Å²) in [6, 6.07) is 11.6. The van der Waals surface area contributed by atoms with Crippen LogP contribution in [0.5, 0.6) is 0 Å². The lowest BCUT2D eigenvalue weighted by Crippen LogP contribution is -2.42. The van der Waals surface area contributed by atoms with Crippen molar-refractivity contribution in [1.29, 1.82) is 0 Å². The number of anilines is 1. The number of halogens is 3. The van der Waals surface area contributed by atoms with Crippen LogP contribution in [0.3, 0.4) is 0 Å². The predicted molar refractivity (Wildman–Crippen MR) is 106 cm³/mol. The zero-order valence-electron chi connectivity index (χ0n) is 16.4. The average molecular weight is 420 g/mol. The number of carbonyl (C=O) groups excluding carboxylic acids is 2. The predicted octanol–water partition coefficient (Wildman–Crippen LogP) is 2.50. The van der Waals surface area contributed by atoms with Crippen LogP contribution < -0.4 is 10.2 Å². The first kappa shape index (κ1) is 21.6. The summed E-state index contributed by atoms with van der Waals surface area (Å²) in [5.74, 6) is 0.0482.